The maximum absolute atomic E-state index is 13.8. The first-order valence-corrected chi connectivity index (χ1v) is 7.55. The Morgan fingerprint density at radius 2 is 2.13 bits per heavy atom. The van der Waals surface area contributed by atoms with Crippen molar-refractivity contribution in [2.45, 2.75) is 25.0 Å². The van der Waals surface area contributed by atoms with Crippen LogP contribution in [0.5, 0.6) is 11.5 Å². The number of phenolic OH excluding ortho intramolecular Hbond substituents is 1. The van der Waals surface area contributed by atoms with Gasteiger partial charge < -0.3 is 20.3 Å². The smallest absolute Gasteiger partial charge is 0.154 e. The van der Waals surface area contributed by atoms with Crippen molar-refractivity contribution in [3.8, 4) is 11.5 Å². The fourth-order valence-electron chi connectivity index (χ4n) is 3.19. The number of benzene rings is 2. The maximum atomic E-state index is 13.8. The van der Waals surface area contributed by atoms with E-state index >= 15 is 0 Å². The van der Waals surface area contributed by atoms with Crippen molar-refractivity contribution in [1.29, 1.82) is 0 Å². The highest BCUT2D eigenvalue weighted by Gasteiger charge is 2.46. The van der Waals surface area contributed by atoms with E-state index in [2.05, 4.69) is 5.32 Å². The molecule has 0 spiro atoms. The van der Waals surface area contributed by atoms with Crippen molar-refractivity contribution in [3.05, 3.63) is 58.9 Å². The number of nitrogens with one attached hydrogen (secondary N) is 1. The molecule has 1 aliphatic rings. The van der Waals surface area contributed by atoms with Crippen molar-refractivity contribution in [2.75, 3.05) is 13.6 Å². The van der Waals surface area contributed by atoms with Crippen molar-refractivity contribution >= 4 is 0 Å². The number of hydrogen-bond acceptors (Lipinski definition) is 4. The highest BCUT2D eigenvalue weighted by Crippen LogP contribution is 2.43. The fraction of sp³-hybridized carbons (Fsp3) is 0.333. The predicted molar refractivity (Wildman–Crippen MR) is 85.2 cm³/mol. The van der Waals surface area contributed by atoms with Crippen LogP contribution in [0.2, 0.25) is 0 Å². The minimum atomic E-state index is -1.16. The van der Waals surface area contributed by atoms with Gasteiger partial charge in [-0.2, -0.15) is 0 Å². The quantitative estimate of drug-likeness (QED) is 0.811. The molecule has 122 valence electrons. The van der Waals surface area contributed by atoms with Crippen molar-refractivity contribution in [2.24, 2.45) is 0 Å². The minimum absolute atomic E-state index is 0.151. The third-order valence-corrected chi connectivity index (χ3v) is 4.34. The molecule has 0 saturated heterocycles. The SMILES string of the molecule is CNCC1(O)Cc2cc(O)ccc2C1Oc1cccc(F)c1C. The Hall–Kier alpha value is -2.11. The number of aliphatic hydroxyl groups is 1. The zero-order chi connectivity index (χ0) is 16.6. The first kappa shape index (κ1) is 15.8. The van der Waals surface area contributed by atoms with Crippen molar-refractivity contribution < 1.29 is 19.3 Å². The summed E-state index contributed by atoms with van der Waals surface area (Å²) < 4.78 is 19.8. The Balaban J connectivity index is 2.02. The van der Waals surface area contributed by atoms with Crippen LogP contribution in [0.25, 0.3) is 0 Å². The van der Waals surface area contributed by atoms with Gasteiger partial charge in [-0.15, -0.1) is 0 Å². The third-order valence-electron chi connectivity index (χ3n) is 4.34. The molecule has 0 bridgehead atoms. The Morgan fingerprint density at radius 1 is 1.35 bits per heavy atom. The normalized spacial score (nSPS) is 22.9. The van der Waals surface area contributed by atoms with Gasteiger partial charge in [0.1, 0.15) is 22.9 Å². The summed E-state index contributed by atoms with van der Waals surface area (Å²) in [6.45, 7) is 1.97. The Bertz CT molecular complexity index is 734. The second kappa shape index (κ2) is 5.83. The summed E-state index contributed by atoms with van der Waals surface area (Å²) in [7, 11) is 1.75. The molecule has 2 aromatic rings. The first-order chi connectivity index (χ1) is 10.9. The summed E-state index contributed by atoms with van der Waals surface area (Å²) in [5.41, 5.74) is 0.890. The fourth-order valence-corrected chi connectivity index (χ4v) is 3.19. The second-order valence-corrected chi connectivity index (χ2v) is 6.05. The van der Waals surface area contributed by atoms with E-state index in [1.165, 1.54) is 6.07 Å². The topological polar surface area (TPSA) is 61.7 Å². The van der Waals surface area contributed by atoms with Crippen molar-refractivity contribution in [3.63, 3.8) is 0 Å². The lowest BCUT2D eigenvalue weighted by Gasteiger charge is -2.31. The summed E-state index contributed by atoms with van der Waals surface area (Å²) in [5.74, 6) is 0.215. The largest absolute Gasteiger partial charge is 0.508 e. The van der Waals surface area contributed by atoms with E-state index in [4.69, 9.17) is 4.74 Å². The maximum Gasteiger partial charge on any atom is 0.154 e. The van der Waals surface area contributed by atoms with Gasteiger partial charge in [0, 0.05) is 18.5 Å². The van der Waals surface area contributed by atoms with E-state index < -0.39 is 11.7 Å². The lowest BCUT2D eigenvalue weighted by Crippen LogP contribution is -2.45. The Kier molecular flexibility index (Phi) is 4.00. The molecule has 0 aliphatic heterocycles. The number of phenols is 1. The summed E-state index contributed by atoms with van der Waals surface area (Å²) >= 11 is 0. The molecule has 3 N–H and O–H groups in total. The average molecular weight is 317 g/mol. The molecule has 4 nitrogen and oxygen atoms in total. The number of ether oxygens (including phenoxy) is 1. The van der Waals surface area contributed by atoms with Gasteiger partial charge in [0.15, 0.2) is 6.10 Å². The van der Waals surface area contributed by atoms with Gasteiger partial charge in [-0.1, -0.05) is 12.1 Å². The van der Waals surface area contributed by atoms with Gasteiger partial charge in [0.05, 0.1) is 0 Å². The molecular weight excluding hydrogens is 297 g/mol. The molecule has 23 heavy (non-hydrogen) atoms. The average Bonchev–Trinajstić information content (AvgIpc) is 2.75. The zero-order valence-electron chi connectivity index (χ0n) is 13.1. The standard InChI is InChI=1S/C18H20FNO3/c1-11-15(19)4-3-5-16(11)23-17-14-7-6-13(21)8-12(14)9-18(17,22)10-20-2/h3-8,17,20-22H,9-10H2,1-2H3. The number of hydrogen-bond donors (Lipinski definition) is 3. The van der Waals surface area contributed by atoms with Gasteiger partial charge in [-0.3, -0.25) is 0 Å². The van der Waals surface area contributed by atoms with Gasteiger partial charge in [0.2, 0.25) is 0 Å². The first-order valence-electron chi connectivity index (χ1n) is 7.55. The van der Waals surface area contributed by atoms with Crippen LogP contribution in [0.15, 0.2) is 36.4 Å². The molecule has 2 atom stereocenters. The van der Waals surface area contributed by atoms with Gasteiger partial charge in [-0.05, 0) is 49.4 Å². The second-order valence-electron chi connectivity index (χ2n) is 6.05. The molecule has 3 rings (SSSR count). The predicted octanol–water partition coefficient (Wildman–Crippen LogP) is 2.47. The number of likely N-dealkylation sites (N-methyl/N-ethyl adjacent to an activating group) is 1. The van der Waals surface area contributed by atoms with Crippen LogP contribution in [-0.2, 0) is 6.42 Å². The van der Waals surface area contributed by atoms with E-state index in [0.717, 1.165) is 11.1 Å². The van der Waals surface area contributed by atoms with Crippen LogP contribution in [0.1, 0.15) is 22.8 Å². The molecule has 2 unspecified atom stereocenters. The zero-order valence-corrected chi connectivity index (χ0v) is 13.1. The lowest BCUT2D eigenvalue weighted by molar-refractivity contribution is -0.0488. The molecule has 1 aliphatic carbocycles. The molecule has 2 aromatic carbocycles. The monoisotopic (exact) mass is 317 g/mol. The van der Waals surface area contributed by atoms with Gasteiger partial charge >= 0.3 is 0 Å². The minimum Gasteiger partial charge on any atom is -0.508 e. The highest BCUT2D eigenvalue weighted by atomic mass is 19.1. The van der Waals surface area contributed by atoms with Crippen LogP contribution in [0, 0.1) is 12.7 Å². The van der Waals surface area contributed by atoms with Crippen molar-refractivity contribution in [1.82, 2.24) is 5.32 Å². The van der Waals surface area contributed by atoms with Crippen LogP contribution in [0.3, 0.4) is 0 Å². The highest BCUT2D eigenvalue weighted by molar-refractivity contribution is 5.44. The van der Waals surface area contributed by atoms with Crippen LogP contribution >= 0.6 is 0 Å². The molecule has 0 amide bonds. The van der Waals surface area contributed by atoms with E-state index in [-0.39, 0.29) is 11.6 Å². The molecule has 0 saturated carbocycles. The number of rotatable bonds is 4. The Morgan fingerprint density at radius 3 is 2.87 bits per heavy atom. The summed E-state index contributed by atoms with van der Waals surface area (Å²) in [5, 5.41) is 23.7. The summed E-state index contributed by atoms with van der Waals surface area (Å²) in [6, 6.07) is 9.61. The van der Waals surface area contributed by atoms with Crippen LogP contribution < -0.4 is 10.1 Å². The Labute approximate surface area is 134 Å². The number of fused-ring (bicyclic) bond motifs is 1. The number of aromatic hydroxyl groups is 1. The molecule has 0 aromatic heterocycles. The van der Waals surface area contributed by atoms with Gasteiger partial charge in [0.25, 0.3) is 0 Å². The lowest BCUT2D eigenvalue weighted by atomic mass is 9.97. The summed E-state index contributed by atoms with van der Waals surface area (Å²) in [4.78, 5) is 0. The molecule has 0 heterocycles. The van der Waals surface area contributed by atoms with E-state index in [9.17, 15) is 14.6 Å². The summed E-state index contributed by atoms with van der Waals surface area (Å²) in [6.07, 6.45) is -0.276. The van der Waals surface area contributed by atoms with Gasteiger partial charge in [-0.25, -0.2) is 4.39 Å². The van der Waals surface area contributed by atoms with Crippen LogP contribution in [0.4, 0.5) is 4.39 Å². The van der Waals surface area contributed by atoms with E-state index in [1.807, 2.05) is 0 Å². The molecule has 0 radical (unpaired) electrons. The van der Waals surface area contributed by atoms with E-state index in [0.29, 0.717) is 24.3 Å². The van der Waals surface area contributed by atoms with Crippen LogP contribution in [-0.4, -0.2) is 29.4 Å². The van der Waals surface area contributed by atoms with E-state index in [1.54, 1.807) is 44.3 Å². The molecule has 0 fully saturated rings. The molecular formula is C18H20FNO3. The number of halogens is 1. The third kappa shape index (κ3) is 2.78. The molecule has 5 heteroatoms.